The van der Waals surface area contributed by atoms with Gasteiger partial charge in [0.15, 0.2) is 0 Å². The summed E-state index contributed by atoms with van der Waals surface area (Å²) in [6.07, 6.45) is 7.76. The average molecular weight is 452 g/mol. The van der Waals surface area contributed by atoms with Crippen LogP contribution in [-0.4, -0.2) is 41.6 Å². The standard InChI is InChI=1S/C28H37NO4/c1-6-8-20-14-21-25(28(32)29(5)27(21)31)22-15-33-23(24(20)22)10-9-18(7-2)13-19-11-16(3)26(30)17(4)12-19/h11-13,21-23,25,30H,6-10,14-15H2,1-5H3/b18-13+/t21-,22+,23-,25-/m1/s1. The minimum Gasteiger partial charge on any atom is -0.507 e. The minimum absolute atomic E-state index is 0.0169. The van der Waals surface area contributed by atoms with Crippen LogP contribution in [0.1, 0.15) is 69.1 Å². The number of benzene rings is 1. The van der Waals surface area contributed by atoms with Crippen molar-refractivity contribution in [3.8, 4) is 5.75 Å². The Kier molecular flexibility index (Phi) is 6.81. The van der Waals surface area contributed by atoms with Crippen molar-refractivity contribution in [2.75, 3.05) is 13.7 Å². The first kappa shape index (κ1) is 23.7. The van der Waals surface area contributed by atoms with Crippen LogP contribution < -0.4 is 0 Å². The van der Waals surface area contributed by atoms with Crippen molar-refractivity contribution >= 4 is 17.9 Å². The summed E-state index contributed by atoms with van der Waals surface area (Å²) in [4.78, 5) is 26.9. The second-order valence-electron chi connectivity index (χ2n) is 10.0. The molecule has 0 aromatic heterocycles. The second-order valence-corrected chi connectivity index (χ2v) is 10.0. The van der Waals surface area contributed by atoms with E-state index in [1.165, 1.54) is 21.6 Å². The van der Waals surface area contributed by atoms with Crippen LogP contribution in [0, 0.1) is 31.6 Å². The van der Waals surface area contributed by atoms with Gasteiger partial charge >= 0.3 is 0 Å². The van der Waals surface area contributed by atoms with E-state index in [1.54, 1.807) is 7.05 Å². The van der Waals surface area contributed by atoms with E-state index in [-0.39, 0.29) is 35.7 Å². The molecule has 2 aliphatic heterocycles. The van der Waals surface area contributed by atoms with Crippen LogP contribution in [-0.2, 0) is 14.3 Å². The summed E-state index contributed by atoms with van der Waals surface area (Å²) >= 11 is 0. The van der Waals surface area contributed by atoms with Crippen molar-refractivity contribution in [1.82, 2.24) is 4.90 Å². The Balaban J connectivity index is 1.55. The number of nitrogens with zero attached hydrogens (tertiary/aromatic N) is 1. The maximum Gasteiger partial charge on any atom is 0.233 e. The molecule has 2 amide bonds. The smallest absolute Gasteiger partial charge is 0.233 e. The minimum atomic E-state index is -0.243. The highest BCUT2D eigenvalue weighted by atomic mass is 16.5. The zero-order valence-electron chi connectivity index (χ0n) is 20.6. The Morgan fingerprint density at radius 2 is 1.85 bits per heavy atom. The molecule has 5 nitrogen and oxygen atoms in total. The van der Waals surface area contributed by atoms with E-state index in [9.17, 15) is 14.7 Å². The molecule has 3 aliphatic rings. The van der Waals surface area contributed by atoms with Gasteiger partial charge in [0.2, 0.25) is 11.8 Å². The topological polar surface area (TPSA) is 66.8 Å². The van der Waals surface area contributed by atoms with Gasteiger partial charge in [-0.3, -0.25) is 14.5 Å². The van der Waals surface area contributed by atoms with Gasteiger partial charge in [0.05, 0.1) is 24.5 Å². The number of fused-ring (bicyclic) bond motifs is 3. The molecule has 2 fully saturated rings. The Hall–Kier alpha value is -2.40. The maximum atomic E-state index is 12.9. The lowest BCUT2D eigenvalue weighted by Crippen LogP contribution is -2.34. The van der Waals surface area contributed by atoms with Crippen molar-refractivity contribution in [2.24, 2.45) is 17.8 Å². The lowest BCUT2D eigenvalue weighted by molar-refractivity contribution is -0.138. The van der Waals surface area contributed by atoms with E-state index in [0.29, 0.717) is 18.8 Å². The van der Waals surface area contributed by atoms with Gasteiger partial charge in [0.25, 0.3) is 0 Å². The molecule has 1 aliphatic carbocycles. The van der Waals surface area contributed by atoms with Crippen LogP contribution in [0.25, 0.3) is 6.08 Å². The quantitative estimate of drug-likeness (QED) is 0.449. The van der Waals surface area contributed by atoms with Gasteiger partial charge in [0, 0.05) is 13.0 Å². The third kappa shape index (κ3) is 4.28. The van der Waals surface area contributed by atoms with Crippen molar-refractivity contribution in [3.05, 3.63) is 45.5 Å². The van der Waals surface area contributed by atoms with Gasteiger partial charge in [-0.15, -0.1) is 0 Å². The van der Waals surface area contributed by atoms with Gasteiger partial charge < -0.3 is 9.84 Å². The molecule has 4 rings (SSSR count). The first-order valence-corrected chi connectivity index (χ1v) is 12.4. The lowest BCUT2D eigenvalue weighted by Gasteiger charge is -2.32. The van der Waals surface area contributed by atoms with E-state index in [4.69, 9.17) is 4.74 Å². The van der Waals surface area contributed by atoms with Crippen LogP contribution in [0.4, 0.5) is 0 Å². The molecule has 4 atom stereocenters. The van der Waals surface area contributed by atoms with Crippen molar-refractivity contribution < 1.29 is 19.4 Å². The van der Waals surface area contributed by atoms with E-state index in [0.717, 1.165) is 48.8 Å². The number of hydrogen-bond acceptors (Lipinski definition) is 4. The summed E-state index contributed by atoms with van der Waals surface area (Å²) in [5, 5.41) is 10.1. The summed E-state index contributed by atoms with van der Waals surface area (Å²) in [7, 11) is 1.63. The number of amides is 2. The molecule has 1 aromatic carbocycles. The number of likely N-dealkylation sites (tertiary alicyclic amines) is 1. The van der Waals surface area contributed by atoms with Gasteiger partial charge in [-0.2, -0.15) is 0 Å². The number of ether oxygens (including phenoxy) is 1. The van der Waals surface area contributed by atoms with E-state index >= 15 is 0 Å². The van der Waals surface area contributed by atoms with Crippen LogP contribution in [0.5, 0.6) is 5.75 Å². The fourth-order valence-corrected chi connectivity index (χ4v) is 6.14. The molecule has 0 bridgehead atoms. The largest absolute Gasteiger partial charge is 0.507 e. The Morgan fingerprint density at radius 1 is 1.15 bits per heavy atom. The SMILES string of the molecule is CCCC1=C2[C@@H](CC/C(=C/c3cc(C)c(O)c(C)c3)CC)OC[C@@H]2[C@@H]2C(=O)N(C)C(=O)[C@@H]2C1. The summed E-state index contributed by atoms with van der Waals surface area (Å²) < 4.78 is 6.30. The van der Waals surface area contributed by atoms with Crippen LogP contribution >= 0.6 is 0 Å². The predicted molar refractivity (Wildman–Crippen MR) is 130 cm³/mol. The van der Waals surface area contributed by atoms with E-state index in [2.05, 4.69) is 19.9 Å². The summed E-state index contributed by atoms with van der Waals surface area (Å²) in [5.74, 6) is -0.0731. The normalized spacial score (nSPS) is 27.4. The van der Waals surface area contributed by atoms with Crippen LogP contribution in [0.15, 0.2) is 28.9 Å². The number of rotatable bonds is 7. The molecular formula is C28H37NO4. The van der Waals surface area contributed by atoms with Gasteiger partial charge in [-0.05, 0) is 80.3 Å². The number of phenolic OH excluding ortho intramolecular Hbond substituents is 1. The molecule has 0 radical (unpaired) electrons. The zero-order chi connectivity index (χ0) is 23.9. The molecule has 178 valence electrons. The number of allylic oxidation sites excluding steroid dienone is 2. The highest BCUT2D eigenvalue weighted by molar-refractivity contribution is 6.05. The van der Waals surface area contributed by atoms with E-state index in [1.807, 2.05) is 26.0 Å². The molecule has 0 unspecified atom stereocenters. The van der Waals surface area contributed by atoms with Crippen molar-refractivity contribution in [3.63, 3.8) is 0 Å². The molecule has 1 N–H and O–H groups in total. The van der Waals surface area contributed by atoms with Gasteiger partial charge in [-0.1, -0.05) is 37.5 Å². The first-order chi connectivity index (χ1) is 15.8. The molecule has 1 aromatic rings. The van der Waals surface area contributed by atoms with Crippen LogP contribution in [0.2, 0.25) is 0 Å². The molecule has 0 spiro atoms. The molecule has 2 saturated heterocycles. The molecule has 33 heavy (non-hydrogen) atoms. The number of carbonyl (C=O) groups is 2. The van der Waals surface area contributed by atoms with Gasteiger partial charge in [0.1, 0.15) is 5.75 Å². The summed E-state index contributed by atoms with van der Waals surface area (Å²) in [6.45, 7) is 8.76. The summed E-state index contributed by atoms with van der Waals surface area (Å²) in [6, 6.07) is 4.06. The second kappa shape index (κ2) is 9.46. The summed E-state index contributed by atoms with van der Waals surface area (Å²) in [5.41, 5.74) is 6.94. The zero-order valence-corrected chi connectivity index (χ0v) is 20.6. The maximum absolute atomic E-state index is 12.9. The number of imide groups is 1. The Labute approximate surface area is 197 Å². The molecular weight excluding hydrogens is 414 g/mol. The number of phenols is 1. The lowest BCUT2D eigenvalue weighted by atomic mass is 9.68. The fraction of sp³-hybridized carbons (Fsp3) is 0.571. The van der Waals surface area contributed by atoms with Crippen LogP contribution in [0.3, 0.4) is 0 Å². The van der Waals surface area contributed by atoms with Crippen molar-refractivity contribution in [1.29, 1.82) is 0 Å². The highest BCUT2D eigenvalue weighted by Crippen LogP contribution is 2.50. The Bertz CT molecular complexity index is 998. The highest BCUT2D eigenvalue weighted by Gasteiger charge is 2.55. The van der Waals surface area contributed by atoms with Gasteiger partial charge in [-0.25, -0.2) is 0 Å². The number of hydrogen-bond donors (Lipinski definition) is 1. The molecule has 2 heterocycles. The fourth-order valence-electron chi connectivity index (χ4n) is 6.14. The molecule has 5 heteroatoms. The Morgan fingerprint density at radius 3 is 2.48 bits per heavy atom. The number of aryl methyl sites for hydroxylation is 2. The van der Waals surface area contributed by atoms with E-state index < -0.39 is 0 Å². The molecule has 0 saturated carbocycles. The average Bonchev–Trinajstić information content (AvgIpc) is 3.30. The third-order valence-corrected chi connectivity index (χ3v) is 7.85. The first-order valence-electron chi connectivity index (χ1n) is 12.4. The number of aromatic hydroxyl groups is 1. The predicted octanol–water partition coefficient (Wildman–Crippen LogP) is 5.33. The monoisotopic (exact) mass is 451 g/mol. The number of carbonyl (C=O) groups excluding carboxylic acids is 2. The third-order valence-electron chi connectivity index (χ3n) is 7.85. The van der Waals surface area contributed by atoms with Crippen molar-refractivity contribution in [2.45, 2.75) is 72.3 Å².